The fraction of sp³-hybridized carbons (Fsp3) is 0.316. The number of amides is 1. The molecule has 28 heavy (non-hydrogen) atoms. The standard InChI is InChI=1S/C19H20Cl2N2O4S/c1-27-18-8-7-16(11-17(18)21)28(25,26)23-9-3-4-13(12-23)19(24)22-15-6-2-5-14(20)10-15/h2,5-8,10-11,13H,3-4,9,12H2,1H3,(H,22,24)/t13-/m1/s1. The molecular weight excluding hydrogens is 423 g/mol. The van der Waals surface area contributed by atoms with Gasteiger partial charge in [0.1, 0.15) is 5.75 Å². The van der Waals surface area contributed by atoms with Crippen molar-refractivity contribution in [3.8, 4) is 5.75 Å². The predicted octanol–water partition coefficient (Wildman–Crippen LogP) is 4.04. The topological polar surface area (TPSA) is 75.7 Å². The third-order valence-corrected chi connectivity index (χ3v) is 7.00. The van der Waals surface area contributed by atoms with E-state index in [-0.39, 0.29) is 22.4 Å². The average Bonchev–Trinajstić information content (AvgIpc) is 2.68. The summed E-state index contributed by atoms with van der Waals surface area (Å²) in [5.74, 6) is -0.274. The van der Waals surface area contributed by atoms with Crippen molar-refractivity contribution in [2.45, 2.75) is 17.7 Å². The van der Waals surface area contributed by atoms with Crippen molar-refractivity contribution < 1.29 is 17.9 Å². The van der Waals surface area contributed by atoms with Gasteiger partial charge in [-0.3, -0.25) is 4.79 Å². The number of nitrogens with one attached hydrogen (secondary N) is 1. The quantitative estimate of drug-likeness (QED) is 0.757. The molecule has 2 aromatic carbocycles. The van der Waals surface area contributed by atoms with Crippen LogP contribution in [-0.2, 0) is 14.8 Å². The zero-order valence-electron chi connectivity index (χ0n) is 15.2. The van der Waals surface area contributed by atoms with E-state index in [1.807, 2.05) is 0 Å². The lowest BCUT2D eigenvalue weighted by molar-refractivity contribution is -0.120. The predicted molar refractivity (Wildman–Crippen MR) is 110 cm³/mol. The molecule has 1 heterocycles. The summed E-state index contributed by atoms with van der Waals surface area (Å²) < 4.78 is 32.4. The summed E-state index contributed by atoms with van der Waals surface area (Å²) in [4.78, 5) is 12.7. The maximum atomic E-state index is 13.0. The van der Waals surface area contributed by atoms with Gasteiger partial charge in [0.15, 0.2) is 0 Å². The van der Waals surface area contributed by atoms with Gasteiger partial charge in [-0.2, -0.15) is 4.31 Å². The first-order chi connectivity index (χ1) is 13.3. The van der Waals surface area contributed by atoms with Gasteiger partial charge in [0.05, 0.1) is 22.9 Å². The van der Waals surface area contributed by atoms with Crippen LogP contribution < -0.4 is 10.1 Å². The van der Waals surface area contributed by atoms with E-state index in [9.17, 15) is 13.2 Å². The van der Waals surface area contributed by atoms with E-state index in [4.69, 9.17) is 27.9 Å². The molecule has 6 nitrogen and oxygen atoms in total. The van der Waals surface area contributed by atoms with E-state index in [1.54, 1.807) is 24.3 Å². The second-order valence-electron chi connectivity index (χ2n) is 6.50. The van der Waals surface area contributed by atoms with E-state index < -0.39 is 15.9 Å². The molecule has 1 saturated heterocycles. The summed E-state index contributed by atoms with van der Waals surface area (Å²) in [7, 11) is -2.30. The molecule has 0 aromatic heterocycles. The summed E-state index contributed by atoms with van der Waals surface area (Å²) in [5.41, 5.74) is 0.583. The first-order valence-corrected chi connectivity index (χ1v) is 10.9. The number of methoxy groups -OCH3 is 1. The lowest BCUT2D eigenvalue weighted by Gasteiger charge is -2.31. The van der Waals surface area contributed by atoms with Gasteiger partial charge >= 0.3 is 0 Å². The number of rotatable bonds is 5. The molecular formula is C19H20Cl2N2O4S. The Hall–Kier alpha value is -1.80. The molecule has 0 aliphatic carbocycles. The monoisotopic (exact) mass is 442 g/mol. The molecule has 1 fully saturated rings. The van der Waals surface area contributed by atoms with Gasteiger partial charge in [0, 0.05) is 23.8 Å². The number of sulfonamides is 1. The molecule has 150 valence electrons. The molecule has 0 saturated carbocycles. The number of carbonyl (C=O) groups is 1. The molecule has 2 aromatic rings. The van der Waals surface area contributed by atoms with Crippen molar-refractivity contribution in [1.82, 2.24) is 4.31 Å². The molecule has 0 radical (unpaired) electrons. The Labute approximate surface area is 174 Å². The van der Waals surface area contributed by atoms with E-state index in [0.29, 0.717) is 35.8 Å². The van der Waals surface area contributed by atoms with E-state index in [0.717, 1.165) is 0 Å². The largest absolute Gasteiger partial charge is 0.495 e. The molecule has 0 unspecified atom stereocenters. The van der Waals surface area contributed by atoms with Crippen molar-refractivity contribution in [1.29, 1.82) is 0 Å². The third-order valence-electron chi connectivity index (χ3n) is 4.61. The average molecular weight is 443 g/mol. The number of carbonyl (C=O) groups excluding carboxylic acids is 1. The smallest absolute Gasteiger partial charge is 0.243 e. The van der Waals surface area contributed by atoms with Gasteiger partial charge in [-0.05, 0) is 49.2 Å². The van der Waals surface area contributed by atoms with Crippen LogP contribution in [0.15, 0.2) is 47.4 Å². The van der Waals surface area contributed by atoms with Crippen LogP contribution in [0.25, 0.3) is 0 Å². The number of benzene rings is 2. The number of piperidine rings is 1. The normalized spacial score (nSPS) is 17.9. The minimum absolute atomic E-state index is 0.0780. The molecule has 1 atom stereocenters. The number of hydrogen-bond acceptors (Lipinski definition) is 4. The summed E-state index contributed by atoms with van der Waals surface area (Å²) in [6.45, 7) is 0.464. The number of hydrogen-bond donors (Lipinski definition) is 1. The highest BCUT2D eigenvalue weighted by Gasteiger charge is 2.33. The fourth-order valence-electron chi connectivity index (χ4n) is 3.14. The zero-order valence-corrected chi connectivity index (χ0v) is 17.5. The van der Waals surface area contributed by atoms with Crippen LogP contribution in [0.1, 0.15) is 12.8 Å². The number of anilines is 1. The molecule has 9 heteroatoms. The van der Waals surface area contributed by atoms with Crippen molar-refractivity contribution in [3.63, 3.8) is 0 Å². The van der Waals surface area contributed by atoms with E-state index in [2.05, 4.69) is 5.32 Å². The van der Waals surface area contributed by atoms with Gasteiger partial charge in [0.2, 0.25) is 15.9 Å². The fourth-order valence-corrected chi connectivity index (χ4v) is 5.21. The lowest BCUT2D eigenvalue weighted by Crippen LogP contribution is -2.43. The Morgan fingerprint density at radius 1 is 1.21 bits per heavy atom. The van der Waals surface area contributed by atoms with Crippen LogP contribution in [0.2, 0.25) is 10.0 Å². The Morgan fingerprint density at radius 2 is 2.00 bits per heavy atom. The highest BCUT2D eigenvalue weighted by Crippen LogP contribution is 2.30. The third kappa shape index (κ3) is 4.60. The maximum Gasteiger partial charge on any atom is 0.243 e. The van der Waals surface area contributed by atoms with Gasteiger partial charge in [0.25, 0.3) is 0 Å². The summed E-state index contributed by atoms with van der Waals surface area (Å²) in [5, 5.41) is 3.54. The zero-order chi connectivity index (χ0) is 20.3. The second-order valence-corrected chi connectivity index (χ2v) is 9.28. The molecule has 1 aliphatic heterocycles. The Kier molecular flexibility index (Phi) is 6.50. The van der Waals surface area contributed by atoms with E-state index >= 15 is 0 Å². The highest BCUT2D eigenvalue weighted by molar-refractivity contribution is 7.89. The first kappa shape index (κ1) is 20.9. The van der Waals surface area contributed by atoms with Crippen molar-refractivity contribution in [2.24, 2.45) is 5.92 Å². The van der Waals surface area contributed by atoms with Crippen LogP contribution in [0.4, 0.5) is 5.69 Å². The summed E-state index contributed by atoms with van der Waals surface area (Å²) >= 11 is 12.0. The Morgan fingerprint density at radius 3 is 2.68 bits per heavy atom. The number of nitrogens with zero attached hydrogens (tertiary/aromatic N) is 1. The first-order valence-electron chi connectivity index (χ1n) is 8.71. The number of halogens is 2. The maximum absolute atomic E-state index is 13.0. The van der Waals surface area contributed by atoms with Crippen LogP contribution in [0.5, 0.6) is 5.75 Å². The molecule has 1 amide bonds. The van der Waals surface area contributed by atoms with Crippen LogP contribution in [-0.4, -0.2) is 38.8 Å². The van der Waals surface area contributed by atoms with Gasteiger partial charge < -0.3 is 10.1 Å². The van der Waals surface area contributed by atoms with Gasteiger partial charge in [-0.1, -0.05) is 29.3 Å². The lowest BCUT2D eigenvalue weighted by atomic mass is 9.99. The van der Waals surface area contributed by atoms with Gasteiger partial charge in [-0.15, -0.1) is 0 Å². The molecule has 1 aliphatic rings. The highest BCUT2D eigenvalue weighted by atomic mass is 35.5. The van der Waals surface area contributed by atoms with Gasteiger partial charge in [-0.25, -0.2) is 8.42 Å². The summed E-state index contributed by atoms with van der Waals surface area (Å²) in [6.07, 6.45) is 1.21. The molecule has 0 bridgehead atoms. The van der Waals surface area contributed by atoms with Crippen LogP contribution in [0.3, 0.4) is 0 Å². The molecule has 0 spiro atoms. The van der Waals surface area contributed by atoms with E-state index in [1.165, 1.54) is 29.6 Å². The van der Waals surface area contributed by atoms with Crippen molar-refractivity contribution in [3.05, 3.63) is 52.5 Å². The second kappa shape index (κ2) is 8.69. The van der Waals surface area contributed by atoms with Crippen molar-refractivity contribution >= 4 is 44.8 Å². The molecule has 1 N–H and O–H groups in total. The minimum Gasteiger partial charge on any atom is -0.495 e. The van der Waals surface area contributed by atoms with Crippen LogP contribution >= 0.6 is 23.2 Å². The Bertz CT molecular complexity index is 982. The van der Waals surface area contributed by atoms with Crippen molar-refractivity contribution in [2.75, 3.05) is 25.5 Å². The van der Waals surface area contributed by atoms with Crippen LogP contribution in [0, 0.1) is 5.92 Å². The molecule has 3 rings (SSSR count). The SMILES string of the molecule is COc1ccc(S(=O)(=O)N2CCC[C@@H](C(=O)Nc3cccc(Cl)c3)C2)cc1Cl. The number of ether oxygens (including phenoxy) is 1. The minimum atomic E-state index is -3.76. The Balaban J connectivity index is 1.74. The summed E-state index contributed by atoms with van der Waals surface area (Å²) in [6, 6.07) is 11.2.